The van der Waals surface area contributed by atoms with Gasteiger partial charge in [0.2, 0.25) is 5.89 Å². The Labute approximate surface area is 175 Å². The zero-order valence-electron chi connectivity index (χ0n) is 17.0. The van der Waals surface area contributed by atoms with Crippen LogP contribution in [0.5, 0.6) is 0 Å². The number of carbonyl (C=O) groups excluding carboxylic acids is 1. The van der Waals surface area contributed by atoms with E-state index in [1.807, 2.05) is 67.6 Å². The van der Waals surface area contributed by atoms with Crippen LogP contribution in [0.25, 0.3) is 11.3 Å². The lowest BCUT2D eigenvalue weighted by Crippen LogP contribution is -2.26. The first-order valence-corrected chi connectivity index (χ1v) is 9.87. The van der Waals surface area contributed by atoms with Crippen LogP contribution in [0.4, 0.5) is 0 Å². The van der Waals surface area contributed by atoms with E-state index in [2.05, 4.69) is 10.1 Å². The minimum absolute atomic E-state index is 0.149. The summed E-state index contributed by atoms with van der Waals surface area (Å²) in [5.74, 6) is 0.900. The maximum Gasteiger partial charge on any atom is 0.257 e. The van der Waals surface area contributed by atoms with Crippen molar-refractivity contribution in [2.75, 3.05) is 7.05 Å². The second-order valence-electron chi connectivity index (χ2n) is 7.06. The van der Waals surface area contributed by atoms with Gasteiger partial charge in [0.05, 0.1) is 18.7 Å². The Morgan fingerprint density at radius 3 is 2.43 bits per heavy atom. The van der Waals surface area contributed by atoms with E-state index in [0.717, 1.165) is 11.1 Å². The van der Waals surface area contributed by atoms with Crippen LogP contribution < -0.4 is 0 Å². The fraction of sp³-hybridized carbons (Fsp3) is 0.217. The third kappa shape index (κ3) is 4.30. The number of benzene rings is 2. The number of carbonyl (C=O) groups is 1. The Morgan fingerprint density at radius 1 is 1.07 bits per heavy atom. The van der Waals surface area contributed by atoms with Crippen molar-refractivity contribution in [1.82, 2.24) is 24.8 Å². The molecule has 2 heterocycles. The molecule has 7 nitrogen and oxygen atoms in total. The van der Waals surface area contributed by atoms with Gasteiger partial charge in [-0.1, -0.05) is 72.7 Å². The van der Waals surface area contributed by atoms with Crippen molar-refractivity contribution in [3.63, 3.8) is 0 Å². The van der Waals surface area contributed by atoms with Gasteiger partial charge < -0.3 is 9.42 Å². The summed E-state index contributed by atoms with van der Waals surface area (Å²) in [5, 5.41) is 8.62. The number of aryl methyl sites for hydroxylation is 1. The van der Waals surface area contributed by atoms with Gasteiger partial charge in [0.15, 0.2) is 5.82 Å². The molecular weight excluding hydrogens is 378 g/mol. The van der Waals surface area contributed by atoms with Crippen LogP contribution in [-0.2, 0) is 19.5 Å². The van der Waals surface area contributed by atoms with Crippen molar-refractivity contribution in [2.45, 2.75) is 26.4 Å². The second-order valence-corrected chi connectivity index (χ2v) is 7.06. The van der Waals surface area contributed by atoms with Crippen molar-refractivity contribution < 1.29 is 9.32 Å². The van der Waals surface area contributed by atoms with Gasteiger partial charge in [-0.15, -0.1) is 0 Å². The Morgan fingerprint density at radius 2 is 1.77 bits per heavy atom. The summed E-state index contributed by atoms with van der Waals surface area (Å²) < 4.78 is 7.04. The molecule has 0 saturated heterocycles. The van der Waals surface area contributed by atoms with E-state index in [1.54, 1.807) is 22.8 Å². The second kappa shape index (κ2) is 8.73. The van der Waals surface area contributed by atoms with Gasteiger partial charge >= 0.3 is 0 Å². The largest absolute Gasteiger partial charge is 0.337 e. The summed E-state index contributed by atoms with van der Waals surface area (Å²) in [6.45, 7) is 2.78. The number of rotatable bonds is 7. The quantitative estimate of drug-likeness (QED) is 0.471. The molecule has 1 amide bonds. The lowest BCUT2D eigenvalue weighted by molar-refractivity contribution is 0.0770. The van der Waals surface area contributed by atoms with E-state index in [4.69, 9.17) is 9.62 Å². The van der Waals surface area contributed by atoms with Gasteiger partial charge in [-0.3, -0.25) is 9.48 Å². The summed E-state index contributed by atoms with van der Waals surface area (Å²) in [6.07, 6.45) is 2.49. The van der Waals surface area contributed by atoms with Gasteiger partial charge in [-0.2, -0.15) is 10.1 Å². The zero-order valence-corrected chi connectivity index (χ0v) is 17.0. The van der Waals surface area contributed by atoms with Crippen molar-refractivity contribution >= 4 is 5.91 Å². The van der Waals surface area contributed by atoms with E-state index in [-0.39, 0.29) is 12.5 Å². The molecule has 0 saturated carbocycles. The zero-order chi connectivity index (χ0) is 20.9. The molecule has 0 atom stereocenters. The van der Waals surface area contributed by atoms with Crippen LogP contribution in [-0.4, -0.2) is 37.8 Å². The van der Waals surface area contributed by atoms with Crippen molar-refractivity contribution in [1.29, 1.82) is 0 Å². The highest BCUT2D eigenvalue weighted by Crippen LogP contribution is 2.24. The Bertz CT molecular complexity index is 1120. The van der Waals surface area contributed by atoms with Crippen molar-refractivity contribution in [3.05, 3.63) is 89.7 Å². The molecule has 0 aliphatic carbocycles. The van der Waals surface area contributed by atoms with Gasteiger partial charge in [-0.25, -0.2) is 0 Å². The summed E-state index contributed by atoms with van der Waals surface area (Å²) in [6, 6.07) is 19.8. The van der Waals surface area contributed by atoms with Gasteiger partial charge in [0.1, 0.15) is 5.69 Å². The first-order chi connectivity index (χ1) is 14.6. The van der Waals surface area contributed by atoms with Gasteiger partial charge in [-0.05, 0) is 5.56 Å². The third-order valence-corrected chi connectivity index (χ3v) is 4.77. The van der Waals surface area contributed by atoms with E-state index >= 15 is 0 Å². The molecule has 0 fully saturated rings. The van der Waals surface area contributed by atoms with Crippen LogP contribution in [0.3, 0.4) is 0 Å². The fourth-order valence-electron chi connectivity index (χ4n) is 3.22. The maximum atomic E-state index is 13.3. The first kappa shape index (κ1) is 19.6. The standard InChI is InChI=1S/C23H23N5O2/c1-3-20-24-21(30-26-20)16-27(2)23(29)19-15-28(14-17-10-6-4-7-11-17)25-22(19)18-12-8-5-9-13-18/h4-13,15H,3,14,16H2,1-2H3. The van der Waals surface area contributed by atoms with E-state index in [0.29, 0.717) is 35.9 Å². The molecule has 152 valence electrons. The predicted molar refractivity (Wildman–Crippen MR) is 113 cm³/mol. The monoisotopic (exact) mass is 401 g/mol. The van der Waals surface area contributed by atoms with Crippen LogP contribution in [0.1, 0.15) is 34.6 Å². The molecule has 7 heteroatoms. The van der Waals surface area contributed by atoms with Crippen molar-refractivity contribution in [3.8, 4) is 11.3 Å². The number of nitrogens with zero attached hydrogens (tertiary/aromatic N) is 5. The lowest BCUT2D eigenvalue weighted by Gasteiger charge is -2.14. The fourth-order valence-corrected chi connectivity index (χ4v) is 3.22. The topological polar surface area (TPSA) is 77.0 Å². The van der Waals surface area contributed by atoms with Crippen LogP contribution >= 0.6 is 0 Å². The number of amides is 1. The maximum absolute atomic E-state index is 13.3. The number of hydrogen-bond donors (Lipinski definition) is 0. The summed E-state index contributed by atoms with van der Waals surface area (Å²) in [7, 11) is 1.72. The lowest BCUT2D eigenvalue weighted by atomic mass is 10.1. The summed E-state index contributed by atoms with van der Waals surface area (Å²) in [4.78, 5) is 19.1. The number of hydrogen-bond acceptors (Lipinski definition) is 5. The van der Waals surface area contributed by atoms with E-state index < -0.39 is 0 Å². The van der Waals surface area contributed by atoms with Gasteiger partial charge in [0, 0.05) is 25.2 Å². The highest BCUT2D eigenvalue weighted by atomic mass is 16.5. The predicted octanol–water partition coefficient (Wildman–Crippen LogP) is 3.82. The van der Waals surface area contributed by atoms with Crippen molar-refractivity contribution in [2.24, 2.45) is 0 Å². The highest BCUT2D eigenvalue weighted by Gasteiger charge is 2.22. The minimum Gasteiger partial charge on any atom is -0.337 e. The summed E-state index contributed by atoms with van der Waals surface area (Å²) in [5.41, 5.74) is 3.20. The molecule has 0 bridgehead atoms. The van der Waals surface area contributed by atoms with E-state index in [1.165, 1.54) is 0 Å². The van der Waals surface area contributed by atoms with Crippen LogP contribution in [0.15, 0.2) is 71.4 Å². The SMILES string of the molecule is CCc1noc(CN(C)C(=O)c2cn(Cc3ccccc3)nc2-c2ccccc2)n1. The number of aromatic nitrogens is 4. The molecule has 4 rings (SSSR count). The Hall–Kier alpha value is -3.74. The molecule has 2 aromatic heterocycles. The molecule has 0 aliphatic heterocycles. The molecule has 0 aliphatic rings. The Kier molecular flexibility index (Phi) is 5.70. The minimum atomic E-state index is -0.149. The first-order valence-electron chi connectivity index (χ1n) is 9.87. The molecule has 30 heavy (non-hydrogen) atoms. The molecule has 0 N–H and O–H groups in total. The molecular formula is C23H23N5O2. The Balaban J connectivity index is 1.63. The average Bonchev–Trinajstić information content (AvgIpc) is 3.41. The summed E-state index contributed by atoms with van der Waals surface area (Å²) >= 11 is 0. The molecule has 0 spiro atoms. The highest BCUT2D eigenvalue weighted by molar-refractivity contribution is 5.99. The average molecular weight is 401 g/mol. The molecule has 0 unspecified atom stereocenters. The normalized spacial score (nSPS) is 10.9. The van der Waals surface area contributed by atoms with Gasteiger partial charge in [0.25, 0.3) is 5.91 Å². The molecule has 4 aromatic rings. The smallest absolute Gasteiger partial charge is 0.257 e. The molecule has 0 radical (unpaired) electrons. The van der Waals surface area contributed by atoms with Crippen LogP contribution in [0, 0.1) is 0 Å². The van der Waals surface area contributed by atoms with Crippen LogP contribution in [0.2, 0.25) is 0 Å². The third-order valence-electron chi connectivity index (χ3n) is 4.77. The van der Waals surface area contributed by atoms with E-state index in [9.17, 15) is 4.79 Å². The molecule has 2 aromatic carbocycles.